The largest absolute Gasteiger partial charge is 0.465 e. The summed E-state index contributed by atoms with van der Waals surface area (Å²) >= 11 is 2.55. The molecule has 0 aromatic rings. The SMILES string of the molecule is C=C(C)[C@@H]1CC[C@]2(NCCI)CC[C@]3(C)[C@H](CCC4[C@@]5(C)CC=C(C6=CCC(CO)(C(=O)OCC)CC6)C(C)(C)C5CC[C@]43C)C12. The third kappa shape index (κ3) is 4.95. The van der Waals surface area contributed by atoms with Gasteiger partial charge in [0.05, 0.1) is 18.6 Å². The maximum absolute atomic E-state index is 12.8. The van der Waals surface area contributed by atoms with E-state index in [1.807, 2.05) is 6.92 Å². The van der Waals surface area contributed by atoms with Gasteiger partial charge in [-0.2, -0.15) is 0 Å². The van der Waals surface area contributed by atoms with Crippen molar-refractivity contribution in [3.63, 3.8) is 0 Å². The molecule has 2 N–H and O–H groups in total. The van der Waals surface area contributed by atoms with Crippen molar-refractivity contribution in [3.8, 4) is 0 Å². The number of hydrogen-bond acceptors (Lipinski definition) is 4. The molecule has 4 fully saturated rings. The summed E-state index contributed by atoms with van der Waals surface area (Å²) in [6.07, 6.45) is 18.9. The van der Waals surface area contributed by atoms with E-state index in [2.05, 4.69) is 88.2 Å². The van der Waals surface area contributed by atoms with Gasteiger partial charge < -0.3 is 15.2 Å². The van der Waals surface area contributed by atoms with Gasteiger partial charge in [-0.05, 0) is 153 Å². The monoisotopic (exact) mass is 745 g/mol. The highest BCUT2D eigenvalue weighted by atomic mass is 127. The van der Waals surface area contributed by atoms with E-state index < -0.39 is 5.41 Å². The number of aliphatic hydroxyl groups is 1. The van der Waals surface area contributed by atoms with Crippen LogP contribution in [0.5, 0.6) is 0 Å². The molecule has 0 saturated heterocycles. The number of ether oxygens (including phenoxy) is 1. The summed E-state index contributed by atoms with van der Waals surface area (Å²) in [5.41, 5.74) is 4.99. The van der Waals surface area contributed by atoms with E-state index in [-0.39, 0.29) is 18.0 Å². The van der Waals surface area contributed by atoms with Crippen LogP contribution in [0.25, 0.3) is 0 Å². The van der Waals surface area contributed by atoms with Crippen LogP contribution in [-0.2, 0) is 9.53 Å². The Labute approximate surface area is 294 Å². The van der Waals surface area contributed by atoms with Crippen LogP contribution in [0.2, 0.25) is 0 Å². The van der Waals surface area contributed by atoms with Crippen molar-refractivity contribution < 1.29 is 14.6 Å². The maximum atomic E-state index is 12.8. The molecule has 0 spiro atoms. The lowest BCUT2D eigenvalue weighted by atomic mass is 9.33. The number of nitrogens with one attached hydrogen (secondary N) is 1. The van der Waals surface area contributed by atoms with Gasteiger partial charge in [0.2, 0.25) is 0 Å². The summed E-state index contributed by atoms with van der Waals surface area (Å²) in [7, 11) is 0. The molecular weight excluding hydrogens is 681 g/mol. The number of hydrogen-bond donors (Lipinski definition) is 2. The number of allylic oxidation sites excluding steroid dienone is 5. The van der Waals surface area contributed by atoms with Crippen molar-refractivity contribution in [2.45, 2.75) is 131 Å². The molecule has 0 aromatic carbocycles. The zero-order valence-electron chi connectivity index (χ0n) is 30.2. The van der Waals surface area contributed by atoms with Gasteiger partial charge in [0.1, 0.15) is 0 Å². The summed E-state index contributed by atoms with van der Waals surface area (Å²) in [5.74, 6) is 3.31. The number of fused-ring (bicyclic) bond motifs is 7. The van der Waals surface area contributed by atoms with Crippen molar-refractivity contribution in [3.05, 3.63) is 35.5 Å². The van der Waals surface area contributed by atoms with Crippen molar-refractivity contribution in [2.75, 3.05) is 24.2 Å². The van der Waals surface area contributed by atoms with E-state index in [0.29, 0.717) is 53.1 Å². The van der Waals surface area contributed by atoms with Crippen LogP contribution in [0.15, 0.2) is 35.5 Å². The molecule has 0 amide bonds. The van der Waals surface area contributed by atoms with Crippen LogP contribution in [0.4, 0.5) is 0 Å². The van der Waals surface area contributed by atoms with E-state index in [1.165, 1.54) is 72.5 Å². The number of halogens is 1. The van der Waals surface area contributed by atoms with E-state index in [9.17, 15) is 9.90 Å². The van der Waals surface area contributed by atoms with Crippen molar-refractivity contribution >= 4 is 28.6 Å². The second kappa shape index (κ2) is 12.3. The van der Waals surface area contributed by atoms with E-state index >= 15 is 0 Å². The van der Waals surface area contributed by atoms with Crippen LogP contribution in [0, 0.1) is 56.7 Å². The Bertz CT molecular complexity index is 1290. The Balaban J connectivity index is 1.30. The van der Waals surface area contributed by atoms with Gasteiger partial charge in [0.25, 0.3) is 0 Å². The zero-order valence-corrected chi connectivity index (χ0v) is 32.4. The quantitative estimate of drug-likeness (QED) is 0.113. The van der Waals surface area contributed by atoms with E-state index in [0.717, 1.165) is 37.1 Å². The number of esters is 1. The lowest BCUT2D eigenvalue weighted by Gasteiger charge is -2.72. The van der Waals surface area contributed by atoms with Gasteiger partial charge in [0, 0.05) is 16.5 Å². The van der Waals surface area contributed by atoms with Gasteiger partial charge in [-0.15, -0.1) is 0 Å². The molecule has 0 heterocycles. The van der Waals surface area contributed by atoms with E-state index in [1.54, 1.807) is 0 Å². The Hall–Kier alpha value is -0.660. The number of carbonyl (C=O) groups is 1. The van der Waals surface area contributed by atoms with Gasteiger partial charge in [0.15, 0.2) is 0 Å². The third-order valence-corrected chi connectivity index (χ3v) is 16.7. The Morgan fingerprint density at radius 3 is 2.37 bits per heavy atom. The topological polar surface area (TPSA) is 58.6 Å². The standard InChI is InChI=1S/C41H64INO3/c1-9-46-35(45)40(26-44)19-12-28(13-20-40)30-15-17-37(6)32(36(30,4)5)16-18-39(8)33(37)11-10-31-34-29(27(2)3)14-21-41(34,43-25-24-42)23-22-38(31,39)7/h12,15,29,31-34,43-44H,2,9-11,13-14,16-26H2,1,3-8H3/t29-,31+,32?,33?,34?,37-,38+,39+,40?,41-/m0/s1. The molecule has 4 saturated carbocycles. The van der Waals surface area contributed by atoms with Gasteiger partial charge in [-0.1, -0.05) is 81.5 Å². The minimum absolute atomic E-state index is 0.0859. The molecule has 0 bridgehead atoms. The molecule has 4 unspecified atom stereocenters. The predicted molar refractivity (Wildman–Crippen MR) is 198 cm³/mol. The molecule has 258 valence electrons. The van der Waals surface area contributed by atoms with Crippen LogP contribution < -0.4 is 5.32 Å². The summed E-state index contributed by atoms with van der Waals surface area (Å²) in [4.78, 5) is 12.8. The second-order valence-corrected chi connectivity index (χ2v) is 19.2. The molecule has 5 heteroatoms. The molecule has 6 rings (SSSR count). The predicted octanol–water partition coefficient (Wildman–Crippen LogP) is 9.61. The van der Waals surface area contributed by atoms with Crippen LogP contribution in [-0.4, -0.2) is 40.8 Å². The van der Waals surface area contributed by atoms with Crippen molar-refractivity contribution in [2.24, 2.45) is 56.7 Å². The first-order valence-corrected chi connectivity index (χ1v) is 20.4. The number of alkyl halides is 1. The first-order valence-electron chi connectivity index (χ1n) is 18.8. The highest BCUT2D eigenvalue weighted by Gasteiger charge is 2.70. The zero-order chi connectivity index (χ0) is 33.3. The molecule has 4 nitrogen and oxygen atoms in total. The van der Waals surface area contributed by atoms with Gasteiger partial charge >= 0.3 is 5.97 Å². The molecule has 46 heavy (non-hydrogen) atoms. The fourth-order valence-electron chi connectivity index (χ4n) is 13.7. The van der Waals surface area contributed by atoms with Crippen LogP contribution in [0.3, 0.4) is 0 Å². The van der Waals surface area contributed by atoms with Gasteiger partial charge in [-0.25, -0.2) is 0 Å². The Morgan fingerprint density at radius 2 is 1.74 bits per heavy atom. The molecule has 10 atom stereocenters. The highest BCUT2D eigenvalue weighted by Crippen LogP contribution is 2.76. The second-order valence-electron chi connectivity index (χ2n) is 18.1. The summed E-state index contributed by atoms with van der Waals surface area (Å²) < 4.78 is 6.58. The normalized spacial score (nSPS) is 46.2. The van der Waals surface area contributed by atoms with Crippen LogP contribution in [0.1, 0.15) is 126 Å². The molecule has 0 aliphatic heterocycles. The first-order chi connectivity index (χ1) is 21.7. The number of carbonyl (C=O) groups excluding carboxylic acids is 1. The first kappa shape index (κ1) is 35.2. The summed E-state index contributed by atoms with van der Waals surface area (Å²) in [5, 5.41) is 14.4. The molecule has 6 aliphatic rings. The smallest absolute Gasteiger partial charge is 0.314 e. The molecule has 0 radical (unpaired) electrons. The van der Waals surface area contributed by atoms with Crippen molar-refractivity contribution in [1.29, 1.82) is 0 Å². The van der Waals surface area contributed by atoms with E-state index in [4.69, 9.17) is 4.74 Å². The number of rotatable bonds is 8. The fourth-order valence-corrected chi connectivity index (χ4v) is 14.0. The van der Waals surface area contributed by atoms with Crippen molar-refractivity contribution in [1.82, 2.24) is 5.32 Å². The van der Waals surface area contributed by atoms with Crippen LogP contribution >= 0.6 is 22.6 Å². The summed E-state index contributed by atoms with van der Waals surface area (Å²) in [6, 6.07) is 0. The lowest BCUT2D eigenvalue weighted by molar-refractivity contribution is -0.221. The fraction of sp³-hybridized carbons (Fsp3) is 0.829. The summed E-state index contributed by atoms with van der Waals surface area (Å²) in [6.45, 7) is 23.4. The molecular formula is C41H64INO3. The Kier molecular flexibility index (Phi) is 9.39. The average molecular weight is 746 g/mol. The Morgan fingerprint density at radius 1 is 0.978 bits per heavy atom. The highest BCUT2D eigenvalue weighted by molar-refractivity contribution is 14.1. The molecule has 0 aromatic heterocycles. The minimum Gasteiger partial charge on any atom is -0.465 e. The molecule has 6 aliphatic carbocycles. The average Bonchev–Trinajstić information content (AvgIpc) is 3.41. The van der Waals surface area contributed by atoms with Gasteiger partial charge in [-0.3, -0.25) is 4.79 Å². The third-order valence-electron chi connectivity index (χ3n) is 16.2. The lowest BCUT2D eigenvalue weighted by Crippen LogP contribution is -2.68. The maximum Gasteiger partial charge on any atom is 0.314 e. The number of aliphatic hydroxyl groups excluding tert-OH is 1. The minimum atomic E-state index is -0.778.